The molecule has 0 spiro atoms. The molecule has 0 unspecified atom stereocenters. The van der Waals surface area contributed by atoms with Gasteiger partial charge < -0.3 is 0 Å². The Morgan fingerprint density at radius 1 is 1.08 bits per heavy atom. The first-order chi connectivity index (χ1) is 5.74. The second-order valence-corrected chi connectivity index (χ2v) is 3.60. The Kier molecular flexibility index (Phi) is 6.97. The lowest BCUT2D eigenvalue weighted by Crippen LogP contribution is -1.70. The van der Waals surface area contributed by atoms with Gasteiger partial charge in [0.25, 0.3) is 0 Å². The van der Waals surface area contributed by atoms with Gasteiger partial charge in [-0.15, -0.1) is 11.8 Å². The zero-order valence-corrected chi connectivity index (χ0v) is 9.24. The highest BCUT2D eigenvalue weighted by atomic mass is 32.2. The van der Waals surface area contributed by atoms with Crippen LogP contribution in [0.2, 0.25) is 0 Å². The quantitative estimate of drug-likeness (QED) is 0.588. The molecule has 0 N–H and O–H groups in total. The van der Waals surface area contributed by atoms with Gasteiger partial charge in [-0.3, -0.25) is 0 Å². The SMILES string of the molecule is CCC.CSc1ccc(C)cc1. The average Bonchev–Trinajstić information content (AvgIpc) is 2.07. The summed E-state index contributed by atoms with van der Waals surface area (Å²) in [5, 5.41) is 0. The Morgan fingerprint density at radius 3 is 1.83 bits per heavy atom. The summed E-state index contributed by atoms with van der Waals surface area (Å²) in [6, 6.07) is 8.54. The maximum atomic E-state index is 2.14. The van der Waals surface area contributed by atoms with Crippen LogP contribution in [-0.4, -0.2) is 6.26 Å². The smallest absolute Gasteiger partial charge is 0.00693 e. The molecule has 1 aromatic carbocycles. The summed E-state index contributed by atoms with van der Waals surface area (Å²) in [4.78, 5) is 1.33. The van der Waals surface area contributed by atoms with Crippen molar-refractivity contribution in [1.82, 2.24) is 0 Å². The molecule has 0 saturated heterocycles. The summed E-state index contributed by atoms with van der Waals surface area (Å²) < 4.78 is 0. The van der Waals surface area contributed by atoms with Crippen LogP contribution in [0.5, 0.6) is 0 Å². The number of hydrogen-bond acceptors (Lipinski definition) is 1. The van der Waals surface area contributed by atoms with Gasteiger partial charge in [-0.1, -0.05) is 38.0 Å². The van der Waals surface area contributed by atoms with Gasteiger partial charge >= 0.3 is 0 Å². The molecule has 0 aliphatic carbocycles. The number of thioether (sulfide) groups is 1. The largest absolute Gasteiger partial charge is 0.130 e. The lowest BCUT2D eigenvalue weighted by Gasteiger charge is -1.93. The zero-order valence-electron chi connectivity index (χ0n) is 8.42. The first-order valence-corrected chi connectivity index (χ1v) is 5.57. The molecule has 0 atom stereocenters. The Balaban J connectivity index is 0.000000354. The Labute approximate surface area is 80.4 Å². The Morgan fingerprint density at radius 2 is 1.50 bits per heavy atom. The minimum Gasteiger partial charge on any atom is -0.130 e. The maximum absolute atomic E-state index is 2.14. The summed E-state index contributed by atoms with van der Waals surface area (Å²) in [6.07, 6.45) is 3.34. The van der Waals surface area contributed by atoms with Crippen LogP contribution in [0, 0.1) is 6.92 Å². The summed E-state index contributed by atoms with van der Waals surface area (Å²) in [5.41, 5.74) is 1.33. The van der Waals surface area contributed by atoms with E-state index in [9.17, 15) is 0 Å². The van der Waals surface area contributed by atoms with E-state index >= 15 is 0 Å². The van der Waals surface area contributed by atoms with Crippen LogP contribution < -0.4 is 0 Å². The maximum Gasteiger partial charge on any atom is 0.00693 e. The van der Waals surface area contributed by atoms with E-state index in [1.54, 1.807) is 11.8 Å². The first kappa shape index (κ1) is 11.6. The fraction of sp³-hybridized carbons (Fsp3) is 0.455. The van der Waals surface area contributed by atoms with Crippen LogP contribution >= 0.6 is 11.8 Å². The lowest BCUT2D eigenvalue weighted by molar-refractivity contribution is 1.09. The first-order valence-electron chi connectivity index (χ1n) is 4.35. The van der Waals surface area contributed by atoms with E-state index in [2.05, 4.69) is 51.3 Å². The molecule has 0 amide bonds. The highest BCUT2D eigenvalue weighted by molar-refractivity contribution is 7.98. The molecule has 0 radical (unpaired) electrons. The summed E-state index contributed by atoms with van der Waals surface area (Å²) in [5.74, 6) is 0. The fourth-order valence-electron chi connectivity index (χ4n) is 0.674. The van der Waals surface area contributed by atoms with Crippen molar-refractivity contribution in [3.63, 3.8) is 0 Å². The summed E-state index contributed by atoms with van der Waals surface area (Å²) in [7, 11) is 0. The van der Waals surface area contributed by atoms with E-state index in [4.69, 9.17) is 0 Å². The normalized spacial score (nSPS) is 8.67. The molecular formula is C11H18S. The van der Waals surface area contributed by atoms with Crippen LogP contribution in [0.1, 0.15) is 25.8 Å². The van der Waals surface area contributed by atoms with Crippen molar-refractivity contribution in [2.24, 2.45) is 0 Å². The van der Waals surface area contributed by atoms with E-state index in [0.29, 0.717) is 0 Å². The molecule has 68 valence electrons. The predicted octanol–water partition coefficient (Wildman–Crippen LogP) is 4.13. The second-order valence-electron chi connectivity index (χ2n) is 2.72. The van der Waals surface area contributed by atoms with Crippen LogP contribution in [-0.2, 0) is 0 Å². The van der Waals surface area contributed by atoms with Crippen LogP contribution in [0.25, 0.3) is 0 Å². The molecule has 1 heteroatoms. The van der Waals surface area contributed by atoms with E-state index in [1.807, 2.05) is 0 Å². The predicted molar refractivity (Wildman–Crippen MR) is 58.9 cm³/mol. The minimum atomic E-state index is 1.25. The van der Waals surface area contributed by atoms with Gasteiger partial charge in [-0.05, 0) is 25.3 Å². The van der Waals surface area contributed by atoms with Crippen molar-refractivity contribution in [2.45, 2.75) is 32.1 Å². The van der Waals surface area contributed by atoms with Gasteiger partial charge in [0.1, 0.15) is 0 Å². The Hall–Kier alpha value is -0.430. The number of hydrogen-bond donors (Lipinski definition) is 0. The van der Waals surface area contributed by atoms with E-state index in [-0.39, 0.29) is 0 Å². The number of aryl methyl sites for hydroxylation is 1. The van der Waals surface area contributed by atoms with Gasteiger partial charge in [-0.25, -0.2) is 0 Å². The van der Waals surface area contributed by atoms with Gasteiger partial charge in [-0.2, -0.15) is 0 Å². The number of rotatable bonds is 1. The van der Waals surface area contributed by atoms with Gasteiger partial charge in [0.05, 0.1) is 0 Å². The Bertz CT molecular complexity index is 189. The topological polar surface area (TPSA) is 0 Å². The molecule has 0 nitrogen and oxygen atoms in total. The molecule has 12 heavy (non-hydrogen) atoms. The summed E-state index contributed by atoms with van der Waals surface area (Å²) >= 11 is 1.78. The van der Waals surface area contributed by atoms with Crippen LogP contribution in [0.4, 0.5) is 0 Å². The van der Waals surface area contributed by atoms with Crippen molar-refractivity contribution in [3.8, 4) is 0 Å². The molecular weight excluding hydrogens is 164 g/mol. The third kappa shape index (κ3) is 5.25. The molecule has 1 rings (SSSR count). The van der Waals surface area contributed by atoms with Gasteiger partial charge in [0.15, 0.2) is 0 Å². The van der Waals surface area contributed by atoms with Crippen molar-refractivity contribution in [2.75, 3.05) is 6.26 Å². The second kappa shape index (κ2) is 7.23. The molecule has 0 aliphatic heterocycles. The van der Waals surface area contributed by atoms with Gasteiger partial charge in [0, 0.05) is 4.90 Å². The molecule has 0 bridgehead atoms. The van der Waals surface area contributed by atoms with Crippen LogP contribution in [0.3, 0.4) is 0 Å². The fourth-order valence-corrected chi connectivity index (χ4v) is 1.08. The standard InChI is InChI=1S/C8H10S.C3H8/c1-7-3-5-8(9-2)6-4-7;1-3-2/h3-6H,1-2H3;3H2,1-2H3. The molecule has 0 aromatic heterocycles. The molecule has 0 aliphatic rings. The van der Waals surface area contributed by atoms with Crippen LogP contribution in [0.15, 0.2) is 29.2 Å². The average molecular weight is 182 g/mol. The zero-order chi connectivity index (χ0) is 9.40. The highest BCUT2D eigenvalue weighted by Gasteiger charge is 1.85. The van der Waals surface area contributed by atoms with Gasteiger partial charge in [0.2, 0.25) is 0 Å². The molecule has 0 fully saturated rings. The van der Waals surface area contributed by atoms with Crippen molar-refractivity contribution in [1.29, 1.82) is 0 Å². The van der Waals surface area contributed by atoms with Crippen molar-refractivity contribution in [3.05, 3.63) is 29.8 Å². The highest BCUT2D eigenvalue weighted by Crippen LogP contribution is 2.13. The minimum absolute atomic E-state index is 1.25. The molecule has 1 aromatic rings. The third-order valence-corrected chi connectivity index (χ3v) is 2.00. The van der Waals surface area contributed by atoms with E-state index in [1.165, 1.54) is 16.9 Å². The lowest BCUT2D eigenvalue weighted by atomic mass is 10.2. The van der Waals surface area contributed by atoms with Crippen molar-refractivity contribution >= 4 is 11.8 Å². The third-order valence-electron chi connectivity index (χ3n) is 1.26. The van der Waals surface area contributed by atoms with E-state index < -0.39 is 0 Å². The molecule has 0 heterocycles. The number of benzene rings is 1. The summed E-state index contributed by atoms with van der Waals surface area (Å²) in [6.45, 7) is 6.35. The van der Waals surface area contributed by atoms with E-state index in [0.717, 1.165) is 0 Å². The monoisotopic (exact) mass is 182 g/mol. The van der Waals surface area contributed by atoms with Crippen molar-refractivity contribution < 1.29 is 0 Å². The molecule has 0 saturated carbocycles.